The first-order chi connectivity index (χ1) is 7.08. The summed E-state index contributed by atoms with van der Waals surface area (Å²) < 4.78 is 0. The predicted octanol–water partition coefficient (Wildman–Crippen LogP) is 0.0121. The number of aliphatic carboxylic acids is 1. The van der Waals surface area contributed by atoms with E-state index in [4.69, 9.17) is 10.8 Å². The van der Waals surface area contributed by atoms with Gasteiger partial charge in [0.2, 0.25) is 5.91 Å². The van der Waals surface area contributed by atoms with Crippen LogP contribution in [0.15, 0.2) is 24.3 Å². The molecule has 1 amide bonds. The Kier molecular flexibility index (Phi) is 3.68. The number of hydrogen-bond donors (Lipinski definition) is 3. The van der Waals surface area contributed by atoms with Crippen LogP contribution in [0.2, 0.25) is 0 Å². The number of carbonyl (C=O) groups excluding carboxylic acids is 1. The fourth-order valence-corrected chi connectivity index (χ4v) is 1.06. The Morgan fingerprint density at radius 1 is 1.27 bits per heavy atom. The number of carboxylic acids is 1. The number of nitrogen functional groups attached to an aromatic ring is 1. The number of hydrogen-bond acceptors (Lipinski definition) is 3. The smallest absolute Gasteiger partial charge is 0.322 e. The highest BCUT2D eigenvalue weighted by molar-refractivity contribution is 5.82. The molecular formula is C10H12N2O3. The van der Waals surface area contributed by atoms with Gasteiger partial charge in [0.25, 0.3) is 0 Å². The van der Waals surface area contributed by atoms with E-state index in [-0.39, 0.29) is 18.9 Å². The molecular weight excluding hydrogens is 196 g/mol. The van der Waals surface area contributed by atoms with Crippen LogP contribution in [0, 0.1) is 0 Å². The van der Waals surface area contributed by atoms with Crippen molar-refractivity contribution < 1.29 is 14.7 Å². The second kappa shape index (κ2) is 4.99. The minimum atomic E-state index is -1.05. The zero-order valence-corrected chi connectivity index (χ0v) is 8.06. The van der Waals surface area contributed by atoms with Crippen LogP contribution in [0.1, 0.15) is 5.56 Å². The molecule has 0 aliphatic carbocycles. The van der Waals surface area contributed by atoms with Crippen LogP contribution in [0.3, 0.4) is 0 Å². The highest BCUT2D eigenvalue weighted by atomic mass is 16.4. The zero-order valence-electron chi connectivity index (χ0n) is 8.06. The summed E-state index contributed by atoms with van der Waals surface area (Å²) in [6.45, 7) is -0.353. The van der Waals surface area contributed by atoms with Crippen molar-refractivity contribution in [3.8, 4) is 0 Å². The summed E-state index contributed by atoms with van der Waals surface area (Å²) in [5.74, 6) is -1.37. The number of carbonyl (C=O) groups is 2. The average molecular weight is 208 g/mol. The molecule has 5 nitrogen and oxygen atoms in total. The second-order valence-corrected chi connectivity index (χ2v) is 3.09. The molecule has 0 spiro atoms. The maximum absolute atomic E-state index is 11.2. The van der Waals surface area contributed by atoms with Gasteiger partial charge in [0, 0.05) is 5.69 Å². The average Bonchev–Trinajstić information content (AvgIpc) is 2.19. The van der Waals surface area contributed by atoms with Crippen LogP contribution in [-0.2, 0) is 16.0 Å². The molecule has 0 radical (unpaired) electrons. The second-order valence-electron chi connectivity index (χ2n) is 3.09. The molecule has 0 unspecified atom stereocenters. The summed E-state index contributed by atoms with van der Waals surface area (Å²) in [6, 6.07) is 6.85. The van der Waals surface area contributed by atoms with Crippen LogP contribution in [0.4, 0.5) is 5.69 Å². The Hall–Kier alpha value is -2.04. The number of amides is 1. The summed E-state index contributed by atoms with van der Waals surface area (Å²) in [5, 5.41) is 10.6. The lowest BCUT2D eigenvalue weighted by molar-refractivity contribution is -0.137. The van der Waals surface area contributed by atoms with Gasteiger partial charge in [0.15, 0.2) is 0 Å². The molecule has 0 saturated heterocycles. The number of carboxylic acid groups (broad SMARTS) is 1. The third kappa shape index (κ3) is 4.12. The van der Waals surface area contributed by atoms with E-state index in [1.165, 1.54) is 0 Å². The standard InChI is InChI=1S/C10H12N2O3/c11-8-3-1-7(2-4-8)5-9(13)12-6-10(14)15/h1-4H,5-6,11H2,(H,12,13)(H,14,15). The van der Waals surface area contributed by atoms with Crippen LogP contribution >= 0.6 is 0 Å². The van der Waals surface area contributed by atoms with Crippen molar-refractivity contribution in [1.82, 2.24) is 5.32 Å². The molecule has 1 aromatic carbocycles. The van der Waals surface area contributed by atoms with E-state index >= 15 is 0 Å². The first-order valence-electron chi connectivity index (χ1n) is 4.41. The molecule has 0 aromatic heterocycles. The maximum atomic E-state index is 11.2. The predicted molar refractivity (Wildman–Crippen MR) is 55.2 cm³/mol. The minimum Gasteiger partial charge on any atom is -0.480 e. The summed E-state index contributed by atoms with van der Waals surface area (Å²) in [7, 11) is 0. The van der Waals surface area contributed by atoms with Crippen LogP contribution in [-0.4, -0.2) is 23.5 Å². The largest absolute Gasteiger partial charge is 0.480 e. The van der Waals surface area contributed by atoms with E-state index in [2.05, 4.69) is 5.32 Å². The van der Waals surface area contributed by atoms with Gasteiger partial charge in [-0.3, -0.25) is 9.59 Å². The molecule has 4 N–H and O–H groups in total. The quantitative estimate of drug-likeness (QED) is 0.608. The fourth-order valence-electron chi connectivity index (χ4n) is 1.06. The number of nitrogens with two attached hydrogens (primary N) is 1. The monoisotopic (exact) mass is 208 g/mol. The first kappa shape index (κ1) is 11.0. The lowest BCUT2D eigenvalue weighted by atomic mass is 10.1. The molecule has 5 heteroatoms. The molecule has 0 bridgehead atoms. The fraction of sp³-hybridized carbons (Fsp3) is 0.200. The Morgan fingerprint density at radius 2 is 1.87 bits per heavy atom. The first-order valence-corrected chi connectivity index (χ1v) is 4.41. The van der Waals surface area contributed by atoms with E-state index in [1.807, 2.05) is 0 Å². The summed E-state index contributed by atoms with van der Waals surface area (Å²) in [5.41, 5.74) is 6.91. The molecule has 0 heterocycles. The third-order valence-electron chi connectivity index (χ3n) is 1.78. The molecule has 0 fully saturated rings. The molecule has 0 saturated carbocycles. The van der Waals surface area contributed by atoms with Gasteiger partial charge in [0.05, 0.1) is 6.42 Å². The lowest BCUT2D eigenvalue weighted by Crippen LogP contribution is -2.30. The number of anilines is 1. The highest BCUT2D eigenvalue weighted by Crippen LogP contribution is 2.05. The van der Waals surface area contributed by atoms with Crippen molar-refractivity contribution in [3.63, 3.8) is 0 Å². The Morgan fingerprint density at radius 3 is 2.40 bits per heavy atom. The van der Waals surface area contributed by atoms with E-state index in [0.717, 1.165) is 5.56 Å². The van der Waals surface area contributed by atoms with E-state index < -0.39 is 5.97 Å². The molecule has 0 aliphatic rings. The molecule has 1 rings (SSSR count). The molecule has 0 aliphatic heterocycles. The van der Waals surface area contributed by atoms with Crippen molar-refractivity contribution >= 4 is 17.6 Å². The van der Waals surface area contributed by atoms with E-state index in [1.54, 1.807) is 24.3 Å². The number of benzene rings is 1. The number of nitrogens with one attached hydrogen (secondary N) is 1. The van der Waals surface area contributed by atoms with Gasteiger partial charge in [-0.05, 0) is 17.7 Å². The van der Waals surface area contributed by atoms with Gasteiger partial charge in [-0.25, -0.2) is 0 Å². The lowest BCUT2D eigenvalue weighted by Gasteiger charge is -2.02. The Labute approximate surface area is 86.9 Å². The van der Waals surface area contributed by atoms with Crippen LogP contribution in [0.25, 0.3) is 0 Å². The zero-order chi connectivity index (χ0) is 11.3. The van der Waals surface area contributed by atoms with Crippen LogP contribution < -0.4 is 11.1 Å². The van der Waals surface area contributed by atoms with Crippen molar-refractivity contribution in [2.24, 2.45) is 0 Å². The van der Waals surface area contributed by atoms with Crippen LogP contribution in [0.5, 0.6) is 0 Å². The van der Waals surface area contributed by atoms with Gasteiger partial charge in [-0.15, -0.1) is 0 Å². The van der Waals surface area contributed by atoms with Gasteiger partial charge in [-0.1, -0.05) is 12.1 Å². The van der Waals surface area contributed by atoms with Gasteiger partial charge < -0.3 is 16.2 Å². The number of rotatable bonds is 4. The summed E-state index contributed by atoms with van der Waals surface area (Å²) >= 11 is 0. The summed E-state index contributed by atoms with van der Waals surface area (Å²) in [6.07, 6.45) is 0.160. The normalized spacial score (nSPS) is 9.60. The Bertz CT molecular complexity index is 359. The maximum Gasteiger partial charge on any atom is 0.322 e. The van der Waals surface area contributed by atoms with Crippen molar-refractivity contribution in [3.05, 3.63) is 29.8 Å². The van der Waals surface area contributed by atoms with Crippen molar-refractivity contribution in [2.75, 3.05) is 12.3 Å². The van der Waals surface area contributed by atoms with Gasteiger partial charge in [-0.2, -0.15) is 0 Å². The van der Waals surface area contributed by atoms with E-state index in [0.29, 0.717) is 5.69 Å². The SMILES string of the molecule is Nc1ccc(CC(=O)NCC(=O)O)cc1. The third-order valence-corrected chi connectivity index (χ3v) is 1.78. The molecule has 1 aromatic rings. The van der Waals surface area contributed by atoms with Gasteiger partial charge >= 0.3 is 5.97 Å². The van der Waals surface area contributed by atoms with E-state index in [9.17, 15) is 9.59 Å². The topological polar surface area (TPSA) is 92.4 Å². The Balaban J connectivity index is 2.44. The molecule has 15 heavy (non-hydrogen) atoms. The highest BCUT2D eigenvalue weighted by Gasteiger charge is 2.04. The van der Waals surface area contributed by atoms with Gasteiger partial charge in [0.1, 0.15) is 6.54 Å². The molecule has 80 valence electrons. The minimum absolute atomic E-state index is 0.160. The van der Waals surface area contributed by atoms with Crippen molar-refractivity contribution in [2.45, 2.75) is 6.42 Å². The molecule has 0 atom stereocenters. The van der Waals surface area contributed by atoms with Crippen molar-refractivity contribution in [1.29, 1.82) is 0 Å². The summed E-state index contributed by atoms with van der Waals surface area (Å²) in [4.78, 5) is 21.4.